The van der Waals surface area contributed by atoms with Crippen molar-refractivity contribution in [2.45, 2.75) is 6.18 Å². The third-order valence-corrected chi connectivity index (χ3v) is 6.12. The SMILES string of the molecule is NCNCC#Cc1cc(C#CCN=C(N)N)cc(-c2cc(-c3cc(C#CCN=C(N)N)cc(C#CCNCN)c3)cc(C(F)(F)F)c2)c1. The summed E-state index contributed by atoms with van der Waals surface area (Å²) in [6, 6.07) is 14.0. The summed E-state index contributed by atoms with van der Waals surface area (Å²) in [5.41, 5.74) is 35.2. The van der Waals surface area contributed by atoms with E-state index < -0.39 is 11.7 Å². The Labute approximate surface area is 277 Å². The van der Waals surface area contributed by atoms with Crippen LogP contribution in [0, 0.1) is 47.4 Å². The molecular weight excluding hydrogens is 617 g/mol. The maximum atomic E-state index is 14.3. The Morgan fingerprint density at radius 3 is 1.23 bits per heavy atom. The number of hydrogen-bond acceptors (Lipinski definition) is 6. The average molecular weight is 653 g/mol. The summed E-state index contributed by atoms with van der Waals surface area (Å²) in [5, 5.41) is 5.80. The van der Waals surface area contributed by atoms with Crippen LogP contribution >= 0.6 is 0 Å². The molecule has 3 rings (SSSR count). The van der Waals surface area contributed by atoms with Crippen molar-refractivity contribution in [3.63, 3.8) is 0 Å². The van der Waals surface area contributed by atoms with E-state index in [1.165, 1.54) is 0 Å². The van der Waals surface area contributed by atoms with Gasteiger partial charge in [-0.1, -0.05) is 47.4 Å². The van der Waals surface area contributed by atoms with Crippen LogP contribution in [0.2, 0.25) is 0 Å². The maximum absolute atomic E-state index is 14.3. The van der Waals surface area contributed by atoms with E-state index >= 15 is 0 Å². The van der Waals surface area contributed by atoms with Gasteiger partial charge in [0.25, 0.3) is 0 Å². The molecule has 0 aliphatic carbocycles. The third-order valence-electron chi connectivity index (χ3n) is 6.12. The summed E-state index contributed by atoms with van der Waals surface area (Å²) in [4.78, 5) is 7.70. The van der Waals surface area contributed by atoms with E-state index in [1.807, 2.05) is 0 Å². The van der Waals surface area contributed by atoms with Crippen LogP contribution in [0.5, 0.6) is 0 Å². The molecule has 0 amide bonds. The zero-order valence-electron chi connectivity index (χ0n) is 25.9. The van der Waals surface area contributed by atoms with Crippen molar-refractivity contribution in [1.29, 1.82) is 0 Å². The van der Waals surface area contributed by atoms with Crippen LogP contribution in [-0.2, 0) is 6.18 Å². The number of rotatable bonds is 8. The minimum Gasteiger partial charge on any atom is -0.370 e. The van der Waals surface area contributed by atoms with Gasteiger partial charge in [-0.15, -0.1) is 0 Å². The first-order chi connectivity index (χ1) is 23.0. The van der Waals surface area contributed by atoms with Gasteiger partial charge in [-0.05, 0) is 76.9 Å². The maximum Gasteiger partial charge on any atom is 0.416 e. The number of alkyl halides is 3. The minimum atomic E-state index is -4.65. The van der Waals surface area contributed by atoms with Gasteiger partial charge in [0.2, 0.25) is 0 Å². The highest BCUT2D eigenvalue weighted by Crippen LogP contribution is 2.37. The molecule has 10 nitrogen and oxygen atoms in total. The van der Waals surface area contributed by atoms with Crippen LogP contribution in [-0.4, -0.2) is 51.4 Å². The molecule has 0 aliphatic rings. The Balaban J connectivity index is 2.24. The van der Waals surface area contributed by atoms with E-state index in [0.29, 0.717) is 57.6 Å². The summed E-state index contributed by atoms with van der Waals surface area (Å²) < 4.78 is 43.0. The quantitative estimate of drug-likeness (QED) is 0.0578. The summed E-state index contributed by atoms with van der Waals surface area (Å²) in [6.07, 6.45) is -4.65. The van der Waals surface area contributed by atoms with E-state index in [2.05, 4.69) is 68.0 Å². The number of hydrogen-bond donors (Lipinski definition) is 8. The van der Waals surface area contributed by atoms with Gasteiger partial charge in [-0.25, -0.2) is 9.98 Å². The molecule has 0 atom stereocenters. The molecule has 0 saturated carbocycles. The standard InChI is InChI=1S/C35H35F3N10/c36-35(37,38)32-20-30(28-15-24(5-1-9-45-22-39)13-26(17-28)7-3-11-47-33(41)42)19-31(21-32)29-16-25(6-2-10-46-23-40)14-27(18-29)8-4-12-48-34(43)44/h13-21,45-46H,9-12,22-23,39-40H2,(H4,41,42,47)(H4,43,44,48). The smallest absolute Gasteiger partial charge is 0.370 e. The number of halogens is 3. The lowest BCUT2D eigenvalue weighted by molar-refractivity contribution is -0.137. The van der Waals surface area contributed by atoms with Crippen LogP contribution in [0.15, 0.2) is 64.6 Å². The third kappa shape index (κ3) is 12.5. The molecule has 0 unspecified atom stereocenters. The average Bonchev–Trinajstić information content (AvgIpc) is 3.04. The van der Waals surface area contributed by atoms with Gasteiger partial charge in [0.15, 0.2) is 11.9 Å². The lowest BCUT2D eigenvalue weighted by Gasteiger charge is -2.14. The molecule has 3 aromatic carbocycles. The molecule has 0 bridgehead atoms. The second-order valence-corrected chi connectivity index (χ2v) is 9.85. The Kier molecular flexibility index (Phi) is 13.9. The molecule has 0 heterocycles. The second-order valence-electron chi connectivity index (χ2n) is 9.85. The van der Waals surface area contributed by atoms with E-state index in [4.69, 9.17) is 34.4 Å². The summed E-state index contributed by atoms with van der Waals surface area (Å²) in [6.45, 7) is 1.20. The van der Waals surface area contributed by atoms with Gasteiger partial charge < -0.3 is 34.4 Å². The normalized spacial score (nSPS) is 10.1. The molecule has 0 aliphatic heterocycles. The predicted octanol–water partition coefficient (Wildman–Crippen LogP) is 1.00. The fraction of sp³-hybridized carbons (Fsp3) is 0.200. The molecule has 0 saturated heterocycles. The summed E-state index contributed by atoms with van der Waals surface area (Å²) >= 11 is 0. The summed E-state index contributed by atoms with van der Waals surface area (Å²) in [5.74, 6) is 23.3. The molecule has 0 aromatic heterocycles. The number of aliphatic imine (C=N–C) groups is 2. The minimum absolute atomic E-state index is 0.0421. The van der Waals surface area contributed by atoms with Crippen molar-refractivity contribution in [1.82, 2.24) is 10.6 Å². The van der Waals surface area contributed by atoms with Gasteiger partial charge >= 0.3 is 6.18 Å². The van der Waals surface area contributed by atoms with Crippen molar-refractivity contribution in [2.75, 3.05) is 39.5 Å². The lowest BCUT2D eigenvalue weighted by Crippen LogP contribution is -2.22. The van der Waals surface area contributed by atoms with Gasteiger partial charge in [0.1, 0.15) is 13.1 Å². The van der Waals surface area contributed by atoms with Gasteiger partial charge in [-0.2, -0.15) is 13.2 Å². The van der Waals surface area contributed by atoms with E-state index in [-0.39, 0.29) is 38.3 Å². The fourth-order valence-corrected chi connectivity index (χ4v) is 4.11. The van der Waals surface area contributed by atoms with Crippen LogP contribution < -0.4 is 45.0 Å². The molecular formula is C35H35F3N10. The van der Waals surface area contributed by atoms with E-state index in [1.54, 1.807) is 42.5 Å². The first kappa shape index (κ1) is 36.5. The van der Waals surface area contributed by atoms with Gasteiger partial charge in [0.05, 0.1) is 18.7 Å². The zero-order valence-corrected chi connectivity index (χ0v) is 25.9. The van der Waals surface area contributed by atoms with Crippen LogP contribution in [0.1, 0.15) is 27.8 Å². The second kappa shape index (κ2) is 18.3. The molecule has 3 aromatic rings. The number of nitrogens with zero attached hydrogens (tertiary/aromatic N) is 2. The van der Waals surface area contributed by atoms with Gasteiger partial charge in [0, 0.05) is 35.6 Å². The molecule has 0 radical (unpaired) electrons. The Morgan fingerprint density at radius 2 is 0.896 bits per heavy atom. The first-order valence-corrected chi connectivity index (χ1v) is 14.4. The number of benzene rings is 3. The fourth-order valence-electron chi connectivity index (χ4n) is 4.11. The topological polar surface area (TPSA) is 205 Å². The highest BCUT2D eigenvalue weighted by atomic mass is 19.4. The highest BCUT2D eigenvalue weighted by Gasteiger charge is 2.31. The molecule has 13 heteroatoms. The number of nitrogens with one attached hydrogen (secondary N) is 2. The van der Waals surface area contributed by atoms with Crippen molar-refractivity contribution >= 4 is 11.9 Å². The van der Waals surface area contributed by atoms with Crippen molar-refractivity contribution < 1.29 is 13.2 Å². The van der Waals surface area contributed by atoms with E-state index in [0.717, 1.165) is 12.1 Å². The van der Waals surface area contributed by atoms with Crippen LogP contribution in [0.25, 0.3) is 22.3 Å². The Hall–Kier alpha value is -5.93. The number of guanidine groups is 2. The molecule has 246 valence electrons. The molecule has 14 N–H and O–H groups in total. The Bertz CT molecular complexity index is 1780. The van der Waals surface area contributed by atoms with Crippen molar-refractivity contribution in [3.8, 4) is 69.6 Å². The lowest BCUT2D eigenvalue weighted by atomic mass is 9.92. The van der Waals surface area contributed by atoms with Crippen LogP contribution in [0.4, 0.5) is 13.2 Å². The molecule has 48 heavy (non-hydrogen) atoms. The largest absolute Gasteiger partial charge is 0.416 e. The van der Waals surface area contributed by atoms with Crippen molar-refractivity contribution in [2.24, 2.45) is 44.4 Å². The first-order valence-electron chi connectivity index (χ1n) is 14.4. The Morgan fingerprint density at radius 1 is 0.542 bits per heavy atom. The van der Waals surface area contributed by atoms with Gasteiger partial charge in [-0.3, -0.25) is 10.6 Å². The zero-order chi connectivity index (χ0) is 34.9. The highest BCUT2D eigenvalue weighted by molar-refractivity contribution is 5.78. The van der Waals surface area contributed by atoms with E-state index in [9.17, 15) is 13.2 Å². The molecule has 0 fully saturated rings. The number of nitrogens with two attached hydrogens (primary N) is 6. The summed E-state index contributed by atoms with van der Waals surface area (Å²) in [7, 11) is 0. The molecule has 0 spiro atoms. The predicted molar refractivity (Wildman–Crippen MR) is 185 cm³/mol. The van der Waals surface area contributed by atoms with Crippen molar-refractivity contribution in [3.05, 3.63) is 82.4 Å². The monoisotopic (exact) mass is 652 g/mol. The van der Waals surface area contributed by atoms with Crippen LogP contribution in [0.3, 0.4) is 0 Å².